The van der Waals surface area contributed by atoms with E-state index in [2.05, 4.69) is 16.3 Å². The molecule has 0 unspecified atom stereocenters. The number of likely N-dealkylation sites (tertiary alicyclic amines) is 1. The van der Waals surface area contributed by atoms with E-state index in [-0.39, 0.29) is 11.9 Å². The molecule has 0 radical (unpaired) electrons. The number of nitrogens with one attached hydrogen (secondary N) is 1. The quantitative estimate of drug-likeness (QED) is 0.840. The SMILES string of the molecule is O=C(Cc1ccccc1)NC[C@@H](c1ccccc1Cl)N1CCCCC1. The maximum Gasteiger partial charge on any atom is 0.224 e. The standard InChI is InChI=1S/C21H25ClN2O/c22-19-12-6-5-11-18(19)20(24-13-7-2-8-14-24)16-23-21(25)15-17-9-3-1-4-10-17/h1,3-6,9-12,20H,2,7-8,13-16H2,(H,23,25)/t20-/m0/s1. The molecule has 0 aliphatic carbocycles. The maximum absolute atomic E-state index is 12.4. The van der Waals surface area contributed by atoms with Crippen LogP contribution in [0.2, 0.25) is 5.02 Å². The van der Waals surface area contributed by atoms with Crippen LogP contribution in [0.1, 0.15) is 36.4 Å². The molecule has 25 heavy (non-hydrogen) atoms. The zero-order valence-corrected chi connectivity index (χ0v) is 15.2. The van der Waals surface area contributed by atoms with Gasteiger partial charge in [0, 0.05) is 11.6 Å². The van der Waals surface area contributed by atoms with Gasteiger partial charge in [-0.25, -0.2) is 0 Å². The summed E-state index contributed by atoms with van der Waals surface area (Å²) in [6, 6.07) is 18.0. The van der Waals surface area contributed by atoms with Crippen LogP contribution in [-0.4, -0.2) is 30.4 Å². The van der Waals surface area contributed by atoms with Gasteiger partial charge in [0.25, 0.3) is 0 Å². The molecule has 1 fully saturated rings. The molecule has 0 bridgehead atoms. The van der Waals surface area contributed by atoms with Crippen molar-refractivity contribution in [3.8, 4) is 0 Å². The van der Waals surface area contributed by atoms with E-state index in [1.165, 1.54) is 19.3 Å². The van der Waals surface area contributed by atoms with Crippen molar-refractivity contribution in [2.75, 3.05) is 19.6 Å². The van der Waals surface area contributed by atoms with Crippen molar-refractivity contribution in [1.82, 2.24) is 10.2 Å². The molecule has 3 nitrogen and oxygen atoms in total. The first-order chi connectivity index (χ1) is 12.2. The van der Waals surface area contributed by atoms with Gasteiger partial charge in [-0.15, -0.1) is 0 Å². The topological polar surface area (TPSA) is 32.3 Å². The number of hydrogen-bond donors (Lipinski definition) is 1. The molecular formula is C21H25ClN2O. The van der Waals surface area contributed by atoms with E-state index in [0.29, 0.717) is 13.0 Å². The summed E-state index contributed by atoms with van der Waals surface area (Å²) in [5, 5.41) is 3.89. The second-order valence-electron chi connectivity index (χ2n) is 6.60. The van der Waals surface area contributed by atoms with Crippen LogP contribution in [0.15, 0.2) is 54.6 Å². The van der Waals surface area contributed by atoms with Crippen LogP contribution in [0.4, 0.5) is 0 Å². The molecule has 0 saturated carbocycles. The molecule has 4 heteroatoms. The van der Waals surface area contributed by atoms with Crippen molar-refractivity contribution >= 4 is 17.5 Å². The van der Waals surface area contributed by atoms with Gasteiger partial charge in [0.05, 0.1) is 12.5 Å². The van der Waals surface area contributed by atoms with E-state index in [4.69, 9.17) is 11.6 Å². The highest BCUT2D eigenvalue weighted by Gasteiger charge is 2.24. The molecular weight excluding hydrogens is 332 g/mol. The van der Waals surface area contributed by atoms with Gasteiger partial charge < -0.3 is 5.32 Å². The zero-order valence-electron chi connectivity index (χ0n) is 14.5. The summed E-state index contributed by atoms with van der Waals surface area (Å²) in [6.45, 7) is 2.71. The van der Waals surface area contributed by atoms with Crippen LogP contribution in [0.5, 0.6) is 0 Å². The predicted octanol–water partition coefficient (Wildman–Crippen LogP) is 4.23. The van der Waals surface area contributed by atoms with Crippen molar-refractivity contribution in [3.05, 3.63) is 70.7 Å². The summed E-state index contributed by atoms with van der Waals surface area (Å²) in [6.07, 6.45) is 4.11. The monoisotopic (exact) mass is 356 g/mol. The molecule has 1 aliphatic heterocycles. The number of piperidine rings is 1. The number of carbonyl (C=O) groups is 1. The molecule has 132 valence electrons. The summed E-state index contributed by atoms with van der Waals surface area (Å²) in [7, 11) is 0. The minimum absolute atomic E-state index is 0.0558. The molecule has 2 aromatic rings. The highest BCUT2D eigenvalue weighted by atomic mass is 35.5. The molecule has 2 aromatic carbocycles. The van der Waals surface area contributed by atoms with Gasteiger partial charge in [0.1, 0.15) is 0 Å². The highest BCUT2D eigenvalue weighted by Crippen LogP contribution is 2.29. The van der Waals surface area contributed by atoms with Crippen molar-refractivity contribution in [3.63, 3.8) is 0 Å². The van der Waals surface area contributed by atoms with Gasteiger partial charge in [-0.05, 0) is 43.1 Å². The van der Waals surface area contributed by atoms with Gasteiger partial charge in [-0.1, -0.05) is 66.6 Å². The number of amides is 1. The van der Waals surface area contributed by atoms with Gasteiger partial charge in [0.2, 0.25) is 5.91 Å². The fourth-order valence-corrected chi connectivity index (χ4v) is 3.73. The van der Waals surface area contributed by atoms with E-state index < -0.39 is 0 Å². The van der Waals surface area contributed by atoms with Crippen LogP contribution in [0.3, 0.4) is 0 Å². The van der Waals surface area contributed by atoms with Crippen LogP contribution in [0.25, 0.3) is 0 Å². The lowest BCUT2D eigenvalue weighted by Gasteiger charge is -2.35. The van der Waals surface area contributed by atoms with E-state index >= 15 is 0 Å². The third-order valence-electron chi connectivity index (χ3n) is 4.80. The fraction of sp³-hybridized carbons (Fsp3) is 0.381. The van der Waals surface area contributed by atoms with Crippen LogP contribution < -0.4 is 5.32 Å². The molecule has 0 spiro atoms. The Morgan fingerprint density at radius 3 is 2.40 bits per heavy atom. The Hall–Kier alpha value is -1.84. The zero-order chi connectivity index (χ0) is 17.5. The first-order valence-corrected chi connectivity index (χ1v) is 9.41. The minimum Gasteiger partial charge on any atom is -0.354 e. The van der Waals surface area contributed by atoms with Gasteiger partial charge >= 0.3 is 0 Å². The summed E-state index contributed by atoms with van der Waals surface area (Å²) in [4.78, 5) is 14.8. The lowest BCUT2D eigenvalue weighted by molar-refractivity contribution is -0.120. The summed E-state index contributed by atoms with van der Waals surface area (Å²) in [5.41, 5.74) is 2.14. The van der Waals surface area contributed by atoms with E-state index in [9.17, 15) is 4.79 Å². The second kappa shape index (κ2) is 9.02. The van der Waals surface area contributed by atoms with Crippen molar-refractivity contribution in [1.29, 1.82) is 0 Å². The van der Waals surface area contributed by atoms with Crippen LogP contribution >= 0.6 is 11.6 Å². The smallest absolute Gasteiger partial charge is 0.224 e. The number of benzene rings is 2. The van der Waals surface area contributed by atoms with Crippen molar-refractivity contribution in [2.24, 2.45) is 0 Å². The Kier molecular flexibility index (Phi) is 6.48. The van der Waals surface area contributed by atoms with Crippen molar-refractivity contribution in [2.45, 2.75) is 31.7 Å². The lowest BCUT2D eigenvalue weighted by Crippen LogP contribution is -2.41. The Balaban J connectivity index is 1.67. The number of rotatable bonds is 6. The van der Waals surface area contributed by atoms with Gasteiger partial charge in [0.15, 0.2) is 0 Å². The van der Waals surface area contributed by atoms with Gasteiger partial charge in [-0.3, -0.25) is 9.69 Å². The Morgan fingerprint density at radius 2 is 1.68 bits per heavy atom. The second-order valence-corrected chi connectivity index (χ2v) is 7.01. The molecule has 1 atom stereocenters. The molecule has 1 amide bonds. The largest absolute Gasteiger partial charge is 0.354 e. The van der Waals surface area contributed by atoms with E-state index in [1.807, 2.05) is 48.5 Å². The molecule has 1 saturated heterocycles. The average Bonchev–Trinajstić information content (AvgIpc) is 2.65. The van der Waals surface area contributed by atoms with Crippen LogP contribution in [-0.2, 0) is 11.2 Å². The fourth-order valence-electron chi connectivity index (χ4n) is 3.47. The Labute approximate surface area is 155 Å². The third kappa shape index (κ3) is 5.07. The van der Waals surface area contributed by atoms with Gasteiger partial charge in [-0.2, -0.15) is 0 Å². The van der Waals surface area contributed by atoms with Crippen molar-refractivity contribution < 1.29 is 4.79 Å². The first-order valence-electron chi connectivity index (χ1n) is 9.03. The van der Waals surface area contributed by atoms with E-state index in [1.54, 1.807) is 0 Å². The molecule has 0 aromatic heterocycles. The third-order valence-corrected chi connectivity index (χ3v) is 5.14. The number of halogens is 1. The number of hydrogen-bond acceptors (Lipinski definition) is 2. The average molecular weight is 357 g/mol. The Bertz CT molecular complexity index is 683. The minimum atomic E-state index is 0.0558. The summed E-state index contributed by atoms with van der Waals surface area (Å²) in [5.74, 6) is 0.0558. The van der Waals surface area contributed by atoms with E-state index in [0.717, 1.165) is 29.2 Å². The molecule has 1 aliphatic rings. The first kappa shape index (κ1) is 18.0. The summed E-state index contributed by atoms with van der Waals surface area (Å²) >= 11 is 6.44. The normalized spacial score (nSPS) is 16.4. The Morgan fingerprint density at radius 1 is 1.00 bits per heavy atom. The van der Waals surface area contributed by atoms with Crippen LogP contribution in [0, 0.1) is 0 Å². The molecule has 1 heterocycles. The highest BCUT2D eigenvalue weighted by molar-refractivity contribution is 6.31. The molecule has 1 N–H and O–H groups in total. The predicted molar refractivity (Wildman–Crippen MR) is 103 cm³/mol. The molecule has 3 rings (SSSR count). The number of carbonyl (C=O) groups excluding carboxylic acids is 1. The number of nitrogens with zero attached hydrogens (tertiary/aromatic N) is 1. The maximum atomic E-state index is 12.4. The lowest BCUT2D eigenvalue weighted by atomic mass is 10.0. The summed E-state index contributed by atoms with van der Waals surface area (Å²) < 4.78 is 0.